The van der Waals surface area contributed by atoms with Crippen LogP contribution in [0, 0.1) is 0 Å². The molecule has 0 saturated heterocycles. The highest BCUT2D eigenvalue weighted by molar-refractivity contribution is 6.33. The van der Waals surface area contributed by atoms with Crippen LogP contribution in [0.5, 0.6) is 0 Å². The Morgan fingerprint density at radius 1 is 1.33 bits per heavy atom. The van der Waals surface area contributed by atoms with E-state index in [1.807, 2.05) is 18.2 Å². The lowest BCUT2D eigenvalue weighted by molar-refractivity contribution is 0.267. The van der Waals surface area contributed by atoms with Crippen LogP contribution in [-0.4, -0.2) is 19.9 Å². The third-order valence-electron chi connectivity index (χ3n) is 2.22. The normalized spacial score (nSPS) is 10.6. The van der Waals surface area contributed by atoms with Crippen molar-refractivity contribution in [3.05, 3.63) is 35.1 Å². The van der Waals surface area contributed by atoms with Gasteiger partial charge in [-0.1, -0.05) is 23.7 Å². The summed E-state index contributed by atoms with van der Waals surface area (Å²) in [6.07, 6.45) is 0. The molecule has 0 fully saturated rings. The van der Waals surface area contributed by atoms with Gasteiger partial charge in [0.25, 0.3) is 0 Å². The summed E-state index contributed by atoms with van der Waals surface area (Å²) in [5.41, 5.74) is 0.814. The van der Waals surface area contributed by atoms with Gasteiger partial charge in [-0.2, -0.15) is 0 Å². The van der Waals surface area contributed by atoms with Crippen molar-refractivity contribution in [2.45, 2.75) is 6.61 Å². The largest absolute Gasteiger partial charge is 0.388 e. The maximum absolute atomic E-state index is 8.99. The molecule has 1 N–H and O–H groups in total. The van der Waals surface area contributed by atoms with E-state index in [9.17, 15) is 0 Å². The van der Waals surface area contributed by atoms with Gasteiger partial charge in [0, 0.05) is 12.6 Å². The van der Waals surface area contributed by atoms with Gasteiger partial charge in [-0.05, 0) is 12.1 Å². The van der Waals surface area contributed by atoms with Crippen molar-refractivity contribution < 1.29 is 5.11 Å². The quantitative estimate of drug-likeness (QED) is 0.842. The molecule has 4 nitrogen and oxygen atoms in total. The number of aliphatic hydroxyl groups is 1. The van der Waals surface area contributed by atoms with Crippen LogP contribution in [0.4, 0.5) is 0 Å². The zero-order valence-electron chi connectivity index (χ0n) is 8.18. The van der Waals surface area contributed by atoms with Crippen molar-refractivity contribution in [2.24, 2.45) is 7.05 Å². The topological polar surface area (TPSA) is 50.9 Å². The summed E-state index contributed by atoms with van der Waals surface area (Å²) < 4.78 is 1.72. The van der Waals surface area contributed by atoms with Crippen LogP contribution < -0.4 is 0 Å². The average molecular weight is 224 g/mol. The van der Waals surface area contributed by atoms with Crippen molar-refractivity contribution >= 4 is 11.6 Å². The van der Waals surface area contributed by atoms with Gasteiger partial charge in [0.15, 0.2) is 11.6 Å². The second kappa shape index (κ2) is 4.00. The average Bonchev–Trinajstić information content (AvgIpc) is 2.60. The fourth-order valence-corrected chi connectivity index (χ4v) is 1.60. The Bertz CT molecular complexity index is 481. The van der Waals surface area contributed by atoms with Crippen LogP contribution >= 0.6 is 11.6 Å². The minimum absolute atomic E-state index is 0.131. The van der Waals surface area contributed by atoms with E-state index in [2.05, 4.69) is 10.2 Å². The molecule has 0 radical (unpaired) electrons. The van der Waals surface area contributed by atoms with Crippen LogP contribution in [0.2, 0.25) is 5.02 Å². The highest BCUT2D eigenvalue weighted by atomic mass is 35.5. The monoisotopic (exact) mass is 223 g/mol. The molecule has 1 heterocycles. The van der Waals surface area contributed by atoms with Crippen molar-refractivity contribution in [3.8, 4) is 11.4 Å². The summed E-state index contributed by atoms with van der Waals surface area (Å²) >= 11 is 6.04. The molecule has 5 heteroatoms. The second-order valence-corrected chi connectivity index (χ2v) is 3.54. The Hall–Kier alpha value is -1.39. The highest BCUT2D eigenvalue weighted by Gasteiger charge is 2.11. The summed E-state index contributed by atoms with van der Waals surface area (Å²) in [4.78, 5) is 0. The Morgan fingerprint density at radius 3 is 2.67 bits per heavy atom. The zero-order valence-corrected chi connectivity index (χ0v) is 8.94. The number of nitrogens with zero attached hydrogens (tertiary/aromatic N) is 3. The Labute approximate surface area is 92.1 Å². The van der Waals surface area contributed by atoms with Crippen molar-refractivity contribution in [2.75, 3.05) is 0 Å². The van der Waals surface area contributed by atoms with Gasteiger partial charge in [-0.3, -0.25) is 0 Å². The second-order valence-electron chi connectivity index (χ2n) is 3.14. The van der Waals surface area contributed by atoms with E-state index < -0.39 is 0 Å². The third-order valence-corrected chi connectivity index (χ3v) is 2.55. The van der Waals surface area contributed by atoms with E-state index in [0.29, 0.717) is 16.7 Å². The number of benzene rings is 1. The Kier molecular flexibility index (Phi) is 2.70. The first-order chi connectivity index (χ1) is 7.24. The third kappa shape index (κ3) is 1.73. The van der Waals surface area contributed by atoms with Crippen molar-refractivity contribution in [1.29, 1.82) is 0 Å². The molecular weight excluding hydrogens is 214 g/mol. The lowest BCUT2D eigenvalue weighted by Crippen LogP contribution is -1.99. The molecule has 0 spiro atoms. The van der Waals surface area contributed by atoms with E-state index in [-0.39, 0.29) is 6.61 Å². The van der Waals surface area contributed by atoms with Crippen LogP contribution in [0.15, 0.2) is 24.3 Å². The number of aliphatic hydroxyl groups excluding tert-OH is 1. The van der Waals surface area contributed by atoms with Crippen LogP contribution in [0.25, 0.3) is 11.4 Å². The number of rotatable bonds is 2. The number of hydrogen-bond donors (Lipinski definition) is 1. The number of aromatic nitrogens is 3. The highest BCUT2D eigenvalue weighted by Crippen LogP contribution is 2.25. The molecule has 1 aromatic heterocycles. The molecule has 0 aliphatic heterocycles. The number of hydrogen-bond acceptors (Lipinski definition) is 3. The molecule has 0 atom stereocenters. The van der Waals surface area contributed by atoms with Gasteiger partial charge >= 0.3 is 0 Å². The molecular formula is C10H10ClN3O. The smallest absolute Gasteiger partial charge is 0.165 e. The summed E-state index contributed by atoms with van der Waals surface area (Å²) in [6.45, 7) is -0.131. The summed E-state index contributed by atoms with van der Waals surface area (Å²) in [5.74, 6) is 1.18. The maximum atomic E-state index is 8.99. The molecule has 1 aromatic carbocycles. The molecule has 78 valence electrons. The minimum Gasteiger partial charge on any atom is -0.388 e. The SMILES string of the molecule is Cn1c(CO)nnc1-c1ccccc1Cl. The van der Waals surface area contributed by atoms with Gasteiger partial charge < -0.3 is 9.67 Å². The molecule has 0 saturated carbocycles. The minimum atomic E-state index is -0.131. The molecule has 0 amide bonds. The van der Waals surface area contributed by atoms with Crippen molar-refractivity contribution in [1.82, 2.24) is 14.8 Å². The van der Waals surface area contributed by atoms with Gasteiger partial charge in [-0.25, -0.2) is 0 Å². The summed E-state index contributed by atoms with van der Waals surface area (Å²) in [6, 6.07) is 7.40. The first-order valence-corrected chi connectivity index (χ1v) is 4.86. The van der Waals surface area contributed by atoms with Crippen LogP contribution in [-0.2, 0) is 13.7 Å². The van der Waals surface area contributed by atoms with E-state index in [0.717, 1.165) is 5.56 Å². The first-order valence-electron chi connectivity index (χ1n) is 4.48. The number of halogens is 1. The molecule has 0 bridgehead atoms. The van der Waals surface area contributed by atoms with Gasteiger partial charge in [-0.15, -0.1) is 10.2 Å². The van der Waals surface area contributed by atoms with Gasteiger partial charge in [0.05, 0.1) is 5.02 Å². The van der Waals surface area contributed by atoms with Crippen LogP contribution in [0.3, 0.4) is 0 Å². The van der Waals surface area contributed by atoms with E-state index >= 15 is 0 Å². The first kappa shape index (κ1) is 10.1. The molecule has 2 aromatic rings. The Balaban J connectivity index is 2.55. The zero-order chi connectivity index (χ0) is 10.8. The lowest BCUT2D eigenvalue weighted by Gasteiger charge is -2.03. The lowest BCUT2D eigenvalue weighted by atomic mass is 10.2. The molecule has 0 unspecified atom stereocenters. The van der Waals surface area contributed by atoms with E-state index in [1.54, 1.807) is 17.7 Å². The predicted molar refractivity (Wildman–Crippen MR) is 57.4 cm³/mol. The molecule has 0 aliphatic carbocycles. The summed E-state index contributed by atoms with van der Waals surface area (Å²) in [7, 11) is 1.80. The molecule has 2 rings (SSSR count). The fraction of sp³-hybridized carbons (Fsp3) is 0.200. The standard InChI is InChI=1S/C10H10ClN3O/c1-14-9(6-15)12-13-10(14)7-4-2-3-5-8(7)11/h2-5,15H,6H2,1H3. The Morgan fingerprint density at radius 2 is 2.07 bits per heavy atom. The van der Waals surface area contributed by atoms with E-state index in [1.165, 1.54) is 0 Å². The summed E-state index contributed by atoms with van der Waals surface area (Å²) in [5, 5.41) is 17.5. The fourth-order valence-electron chi connectivity index (χ4n) is 1.38. The van der Waals surface area contributed by atoms with Crippen LogP contribution in [0.1, 0.15) is 5.82 Å². The molecule has 15 heavy (non-hydrogen) atoms. The van der Waals surface area contributed by atoms with E-state index in [4.69, 9.17) is 16.7 Å². The predicted octanol–water partition coefficient (Wildman–Crippen LogP) is 1.63. The van der Waals surface area contributed by atoms with Gasteiger partial charge in [0.2, 0.25) is 0 Å². The maximum Gasteiger partial charge on any atom is 0.165 e. The molecule has 0 aliphatic rings. The van der Waals surface area contributed by atoms with Gasteiger partial charge in [0.1, 0.15) is 6.61 Å². The van der Waals surface area contributed by atoms with Crippen molar-refractivity contribution in [3.63, 3.8) is 0 Å².